The number of aromatic nitrogens is 1. The van der Waals surface area contributed by atoms with Gasteiger partial charge in [-0.05, 0) is 17.3 Å². The van der Waals surface area contributed by atoms with E-state index in [9.17, 15) is 18.0 Å². The first-order chi connectivity index (χ1) is 7.48. The van der Waals surface area contributed by atoms with Crippen LogP contribution in [0.3, 0.4) is 0 Å². The number of hydrogen-bond acceptors (Lipinski definition) is 4. The highest BCUT2D eigenvalue weighted by molar-refractivity contribution is 5.58. The summed E-state index contributed by atoms with van der Waals surface area (Å²) in [6.07, 6.45) is -4.55. The second-order valence-corrected chi connectivity index (χ2v) is 2.88. The Balaban J connectivity index is 2.61. The zero-order valence-corrected chi connectivity index (χ0v) is 7.62. The topological polar surface area (TPSA) is 56.2 Å². The van der Waals surface area contributed by atoms with Gasteiger partial charge >= 0.3 is 12.0 Å². The zero-order chi connectivity index (χ0) is 11.8. The summed E-state index contributed by atoms with van der Waals surface area (Å²) in [4.78, 5) is 10.5. The Morgan fingerprint density at radius 3 is 2.44 bits per heavy atom. The van der Waals surface area contributed by atoms with Gasteiger partial charge < -0.3 is 4.42 Å². The minimum atomic E-state index is -4.55. The Morgan fingerprint density at radius 2 is 1.88 bits per heavy atom. The van der Waals surface area contributed by atoms with E-state index in [4.69, 9.17) is 0 Å². The molecule has 0 unspecified atom stereocenters. The van der Waals surface area contributed by atoms with E-state index in [0.717, 1.165) is 12.1 Å². The van der Waals surface area contributed by atoms with Crippen molar-refractivity contribution in [2.75, 3.05) is 0 Å². The molecule has 0 spiro atoms. The molecule has 0 saturated heterocycles. The van der Waals surface area contributed by atoms with Crippen molar-refractivity contribution in [2.45, 2.75) is 6.18 Å². The molecule has 0 bridgehead atoms. The maximum Gasteiger partial charge on any atom is 0.542 e. The Bertz CT molecular complexity index is 555. The SMILES string of the molecule is O=c1onc(-c2ccccc2C(F)(F)F)o1. The lowest BCUT2D eigenvalue weighted by Crippen LogP contribution is -2.06. The molecule has 0 aliphatic rings. The van der Waals surface area contributed by atoms with Crippen molar-refractivity contribution in [2.24, 2.45) is 0 Å². The minimum Gasteiger partial charge on any atom is -0.370 e. The van der Waals surface area contributed by atoms with Crippen molar-refractivity contribution in [1.29, 1.82) is 0 Å². The van der Waals surface area contributed by atoms with Crippen LogP contribution in [0.2, 0.25) is 0 Å². The van der Waals surface area contributed by atoms with Crippen molar-refractivity contribution in [3.63, 3.8) is 0 Å². The zero-order valence-electron chi connectivity index (χ0n) is 7.62. The van der Waals surface area contributed by atoms with Gasteiger partial charge in [0.2, 0.25) is 0 Å². The Labute approximate surface area is 86.3 Å². The number of benzene rings is 1. The van der Waals surface area contributed by atoms with Crippen molar-refractivity contribution < 1.29 is 22.1 Å². The first-order valence-electron chi connectivity index (χ1n) is 4.12. The quantitative estimate of drug-likeness (QED) is 0.755. The summed E-state index contributed by atoms with van der Waals surface area (Å²) in [6, 6.07) is 4.61. The van der Waals surface area contributed by atoms with Crippen LogP contribution in [-0.4, -0.2) is 5.16 Å². The van der Waals surface area contributed by atoms with Gasteiger partial charge in [0.25, 0.3) is 5.89 Å². The Kier molecular flexibility index (Phi) is 2.30. The second kappa shape index (κ2) is 3.51. The highest BCUT2D eigenvalue weighted by Crippen LogP contribution is 2.35. The normalized spacial score (nSPS) is 11.7. The Hall–Kier alpha value is -2.05. The fraction of sp³-hybridized carbons (Fsp3) is 0.111. The molecular formula is C9H4F3NO3. The Morgan fingerprint density at radius 1 is 1.19 bits per heavy atom. The van der Waals surface area contributed by atoms with E-state index in [2.05, 4.69) is 14.1 Å². The molecule has 0 aliphatic heterocycles. The predicted octanol–water partition coefficient (Wildman–Crippen LogP) is 2.31. The molecule has 2 aromatic rings. The summed E-state index contributed by atoms with van der Waals surface area (Å²) in [7, 11) is 0. The van der Waals surface area contributed by atoms with E-state index in [1.54, 1.807) is 0 Å². The lowest BCUT2D eigenvalue weighted by Gasteiger charge is -2.08. The van der Waals surface area contributed by atoms with Crippen LogP contribution in [-0.2, 0) is 6.18 Å². The van der Waals surface area contributed by atoms with E-state index in [1.165, 1.54) is 12.1 Å². The summed E-state index contributed by atoms with van der Waals surface area (Å²) in [5, 5.41) is 3.11. The van der Waals surface area contributed by atoms with Gasteiger partial charge in [-0.2, -0.15) is 13.2 Å². The third kappa shape index (κ3) is 1.83. The summed E-state index contributed by atoms with van der Waals surface area (Å²) < 4.78 is 46.1. The van der Waals surface area contributed by atoms with Gasteiger partial charge in [0.1, 0.15) is 0 Å². The largest absolute Gasteiger partial charge is 0.542 e. The molecule has 1 aromatic carbocycles. The fourth-order valence-electron chi connectivity index (χ4n) is 1.22. The van der Waals surface area contributed by atoms with E-state index in [1.807, 2.05) is 0 Å². The molecule has 84 valence electrons. The highest BCUT2D eigenvalue weighted by Gasteiger charge is 2.34. The molecule has 0 saturated carbocycles. The van der Waals surface area contributed by atoms with E-state index in [-0.39, 0.29) is 5.56 Å². The maximum atomic E-state index is 12.6. The molecule has 0 N–H and O–H groups in total. The third-order valence-corrected chi connectivity index (χ3v) is 1.85. The number of alkyl halides is 3. The maximum absolute atomic E-state index is 12.6. The lowest BCUT2D eigenvalue weighted by atomic mass is 10.1. The standard InChI is InChI=1S/C9H4F3NO3/c10-9(11,12)6-4-2-1-3-5(6)7-13-16-8(14)15-7/h1-4H. The van der Waals surface area contributed by atoms with Gasteiger partial charge in [-0.25, -0.2) is 4.79 Å². The molecule has 0 aliphatic carbocycles. The van der Waals surface area contributed by atoms with Crippen LogP contribution in [0.15, 0.2) is 38.0 Å². The van der Waals surface area contributed by atoms with Crippen LogP contribution in [0.4, 0.5) is 13.2 Å². The highest BCUT2D eigenvalue weighted by atomic mass is 19.4. The summed E-state index contributed by atoms with van der Waals surface area (Å²) >= 11 is 0. The number of rotatable bonds is 1. The molecule has 2 rings (SSSR count). The van der Waals surface area contributed by atoms with Crippen LogP contribution in [0.25, 0.3) is 11.5 Å². The van der Waals surface area contributed by atoms with Crippen LogP contribution >= 0.6 is 0 Å². The van der Waals surface area contributed by atoms with Crippen LogP contribution in [0.1, 0.15) is 5.56 Å². The summed E-state index contributed by atoms with van der Waals surface area (Å²) in [5.41, 5.74) is -1.27. The number of hydrogen-bond donors (Lipinski definition) is 0. The van der Waals surface area contributed by atoms with Crippen molar-refractivity contribution in [1.82, 2.24) is 5.16 Å². The molecule has 1 aromatic heterocycles. The predicted molar refractivity (Wildman–Crippen MR) is 45.5 cm³/mol. The lowest BCUT2D eigenvalue weighted by molar-refractivity contribution is -0.137. The van der Waals surface area contributed by atoms with Gasteiger partial charge in [0.15, 0.2) is 0 Å². The van der Waals surface area contributed by atoms with E-state index in [0.29, 0.717) is 0 Å². The van der Waals surface area contributed by atoms with Gasteiger partial charge in [0.05, 0.1) is 11.1 Å². The molecule has 0 fully saturated rings. The van der Waals surface area contributed by atoms with Crippen LogP contribution in [0, 0.1) is 0 Å². The molecule has 0 amide bonds. The fourth-order valence-corrected chi connectivity index (χ4v) is 1.22. The molecule has 1 heterocycles. The first-order valence-corrected chi connectivity index (χ1v) is 4.12. The summed E-state index contributed by atoms with van der Waals surface area (Å²) in [5.74, 6) is -1.63. The monoisotopic (exact) mass is 231 g/mol. The average Bonchev–Trinajstić information content (AvgIpc) is 2.64. The number of halogens is 3. The molecule has 7 heteroatoms. The molecule has 0 atom stereocenters. The van der Waals surface area contributed by atoms with E-state index < -0.39 is 23.5 Å². The van der Waals surface area contributed by atoms with Crippen molar-refractivity contribution >= 4 is 0 Å². The smallest absolute Gasteiger partial charge is 0.370 e. The molecule has 0 radical (unpaired) electrons. The second-order valence-electron chi connectivity index (χ2n) is 2.88. The first kappa shape index (κ1) is 10.5. The van der Waals surface area contributed by atoms with Gasteiger partial charge in [0, 0.05) is 0 Å². The molecule has 4 nitrogen and oxygen atoms in total. The van der Waals surface area contributed by atoms with E-state index >= 15 is 0 Å². The molecule has 16 heavy (non-hydrogen) atoms. The molecular weight excluding hydrogens is 227 g/mol. The van der Waals surface area contributed by atoms with Gasteiger partial charge in [-0.3, -0.25) is 4.52 Å². The summed E-state index contributed by atoms with van der Waals surface area (Å²) in [6.45, 7) is 0. The third-order valence-electron chi connectivity index (χ3n) is 1.85. The van der Waals surface area contributed by atoms with Crippen molar-refractivity contribution in [3.8, 4) is 11.5 Å². The average molecular weight is 231 g/mol. The minimum absolute atomic E-state index is 0.333. The van der Waals surface area contributed by atoms with Crippen molar-refractivity contribution in [3.05, 3.63) is 40.4 Å². The van der Waals surface area contributed by atoms with Gasteiger partial charge in [-0.1, -0.05) is 12.1 Å². The number of nitrogens with zero attached hydrogens (tertiary/aromatic N) is 1. The van der Waals surface area contributed by atoms with Crippen LogP contribution in [0.5, 0.6) is 0 Å². The van der Waals surface area contributed by atoms with Crippen LogP contribution < -0.4 is 5.82 Å². The van der Waals surface area contributed by atoms with Gasteiger partial charge in [-0.15, -0.1) is 0 Å².